The molecular formula is C11H19NO2. The lowest BCUT2D eigenvalue weighted by Gasteiger charge is -2.24. The van der Waals surface area contributed by atoms with Crippen molar-refractivity contribution in [1.82, 2.24) is 5.32 Å². The fourth-order valence-corrected chi connectivity index (χ4v) is 1.75. The van der Waals surface area contributed by atoms with E-state index in [1.54, 1.807) is 6.92 Å². The first-order chi connectivity index (χ1) is 6.61. The van der Waals surface area contributed by atoms with Crippen LogP contribution in [-0.4, -0.2) is 23.2 Å². The Morgan fingerprint density at radius 2 is 2.00 bits per heavy atom. The van der Waals surface area contributed by atoms with Crippen molar-refractivity contribution in [1.29, 1.82) is 0 Å². The standard InChI is InChI=1S/C11H19NO2/c1-8(2)10(13)11(14)12-9-6-4-3-5-7-9/h9-10,13H,1,3-7H2,2H3,(H,12,14)/t10-/m1/s1. The van der Waals surface area contributed by atoms with Gasteiger partial charge in [0.1, 0.15) is 0 Å². The first-order valence-corrected chi connectivity index (χ1v) is 5.25. The van der Waals surface area contributed by atoms with Gasteiger partial charge < -0.3 is 10.4 Å². The summed E-state index contributed by atoms with van der Waals surface area (Å²) in [5.74, 6) is -0.301. The second-order valence-corrected chi connectivity index (χ2v) is 4.09. The second kappa shape index (κ2) is 5.15. The van der Waals surface area contributed by atoms with E-state index < -0.39 is 6.10 Å². The second-order valence-electron chi connectivity index (χ2n) is 4.09. The van der Waals surface area contributed by atoms with Gasteiger partial charge in [0.2, 0.25) is 0 Å². The van der Waals surface area contributed by atoms with Crippen molar-refractivity contribution >= 4 is 5.91 Å². The third kappa shape index (κ3) is 3.14. The molecule has 1 atom stereocenters. The molecule has 14 heavy (non-hydrogen) atoms. The normalized spacial score (nSPS) is 20.1. The average Bonchev–Trinajstić information content (AvgIpc) is 2.18. The van der Waals surface area contributed by atoms with E-state index in [0.29, 0.717) is 5.57 Å². The summed E-state index contributed by atoms with van der Waals surface area (Å²) in [7, 11) is 0. The molecule has 80 valence electrons. The number of carbonyl (C=O) groups excluding carboxylic acids is 1. The van der Waals surface area contributed by atoms with Crippen molar-refractivity contribution in [3.8, 4) is 0 Å². The minimum absolute atomic E-state index is 0.255. The molecule has 0 unspecified atom stereocenters. The number of aliphatic hydroxyl groups is 1. The number of amides is 1. The molecule has 0 heterocycles. The molecule has 1 rings (SSSR count). The summed E-state index contributed by atoms with van der Waals surface area (Å²) in [6.07, 6.45) is 4.64. The molecule has 2 N–H and O–H groups in total. The summed E-state index contributed by atoms with van der Waals surface area (Å²) in [5.41, 5.74) is 0.498. The zero-order valence-electron chi connectivity index (χ0n) is 8.75. The highest BCUT2D eigenvalue weighted by Gasteiger charge is 2.20. The molecule has 0 radical (unpaired) electrons. The van der Waals surface area contributed by atoms with Crippen LogP contribution in [-0.2, 0) is 4.79 Å². The topological polar surface area (TPSA) is 49.3 Å². The van der Waals surface area contributed by atoms with E-state index in [2.05, 4.69) is 11.9 Å². The summed E-state index contributed by atoms with van der Waals surface area (Å²) >= 11 is 0. The Balaban J connectivity index is 2.35. The van der Waals surface area contributed by atoms with Crippen LogP contribution in [0.25, 0.3) is 0 Å². The zero-order valence-corrected chi connectivity index (χ0v) is 8.75. The maximum Gasteiger partial charge on any atom is 0.253 e. The molecule has 0 aromatic carbocycles. The third-order valence-electron chi connectivity index (χ3n) is 2.67. The Labute approximate surface area is 85.2 Å². The van der Waals surface area contributed by atoms with Crippen LogP contribution in [0, 0.1) is 0 Å². The van der Waals surface area contributed by atoms with Crippen LogP contribution < -0.4 is 5.32 Å². The third-order valence-corrected chi connectivity index (χ3v) is 2.67. The van der Waals surface area contributed by atoms with E-state index in [9.17, 15) is 9.90 Å². The fourth-order valence-electron chi connectivity index (χ4n) is 1.75. The number of hydrogen-bond donors (Lipinski definition) is 2. The summed E-state index contributed by atoms with van der Waals surface area (Å²) < 4.78 is 0. The lowest BCUT2D eigenvalue weighted by Crippen LogP contribution is -2.42. The summed E-state index contributed by atoms with van der Waals surface area (Å²) in [6, 6.07) is 0.255. The molecule has 1 aliphatic carbocycles. The van der Waals surface area contributed by atoms with Gasteiger partial charge in [-0.2, -0.15) is 0 Å². The van der Waals surface area contributed by atoms with Gasteiger partial charge in [0.25, 0.3) is 5.91 Å². The molecule has 3 heteroatoms. The molecule has 0 aliphatic heterocycles. The minimum atomic E-state index is -1.04. The first-order valence-electron chi connectivity index (χ1n) is 5.25. The molecule has 1 fully saturated rings. The van der Waals surface area contributed by atoms with Gasteiger partial charge in [-0.15, -0.1) is 0 Å². The molecular weight excluding hydrogens is 178 g/mol. The Hall–Kier alpha value is -0.830. The van der Waals surface area contributed by atoms with E-state index in [4.69, 9.17) is 0 Å². The van der Waals surface area contributed by atoms with Crippen molar-refractivity contribution in [3.05, 3.63) is 12.2 Å². The largest absolute Gasteiger partial charge is 0.379 e. The van der Waals surface area contributed by atoms with Crippen LogP contribution in [0.5, 0.6) is 0 Å². The molecule has 0 spiro atoms. The molecule has 1 amide bonds. The van der Waals surface area contributed by atoms with E-state index in [0.717, 1.165) is 12.8 Å². The molecule has 0 saturated heterocycles. The highest BCUT2D eigenvalue weighted by molar-refractivity contribution is 5.83. The number of carbonyl (C=O) groups is 1. The highest BCUT2D eigenvalue weighted by Crippen LogP contribution is 2.17. The molecule has 3 nitrogen and oxygen atoms in total. The molecule has 0 bridgehead atoms. The summed E-state index contributed by atoms with van der Waals surface area (Å²) in [6.45, 7) is 5.22. The number of rotatable bonds is 3. The predicted molar refractivity (Wildman–Crippen MR) is 55.8 cm³/mol. The fraction of sp³-hybridized carbons (Fsp3) is 0.727. The van der Waals surface area contributed by atoms with E-state index in [1.807, 2.05) is 0 Å². The Kier molecular flexibility index (Phi) is 4.14. The SMILES string of the molecule is C=C(C)[C@@H](O)C(=O)NC1CCCCC1. The van der Waals surface area contributed by atoms with E-state index in [1.165, 1.54) is 19.3 Å². The number of nitrogens with one attached hydrogen (secondary N) is 1. The van der Waals surface area contributed by atoms with Crippen LogP contribution >= 0.6 is 0 Å². The van der Waals surface area contributed by atoms with Crippen LogP contribution in [0.3, 0.4) is 0 Å². The van der Waals surface area contributed by atoms with Crippen LogP contribution in [0.2, 0.25) is 0 Å². The van der Waals surface area contributed by atoms with Gasteiger partial charge in [0, 0.05) is 6.04 Å². The van der Waals surface area contributed by atoms with E-state index >= 15 is 0 Å². The maximum absolute atomic E-state index is 11.4. The smallest absolute Gasteiger partial charge is 0.253 e. The van der Waals surface area contributed by atoms with Gasteiger partial charge >= 0.3 is 0 Å². The van der Waals surface area contributed by atoms with Gasteiger partial charge in [-0.3, -0.25) is 4.79 Å². The van der Waals surface area contributed by atoms with Gasteiger partial charge in [0.15, 0.2) is 6.10 Å². The van der Waals surface area contributed by atoms with Crippen molar-refractivity contribution < 1.29 is 9.90 Å². The Morgan fingerprint density at radius 1 is 1.43 bits per heavy atom. The molecule has 1 aliphatic rings. The summed E-state index contributed by atoms with van der Waals surface area (Å²) in [5, 5.41) is 12.3. The monoisotopic (exact) mass is 197 g/mol. The maximum atomic E-state index is 11.4. The lowest BCUT2D eigenvalue weighted by atomic mass is 9.95. The summed E-state index contributed by atoms with van der Waals surface area (Å²) in [4.78, 5) is 11.4. The minimum Gasteiger partial charge on any atom is -0.379 e. The molecule has 0 aromatic heterocycles. The van der Waals surface area contributed by atoms with Crippen molar-refractivity contribution in [3.63, 3.8) is 0 Å². The van der Waals surface area contributed by atoms with E-state index in [-0.39, 0.29) is 11.9 Å². The van der Waals surface area contributed by atoms with Crippen LogP contribution in [0.1, 0.15) is 39.0 Å². The number of hydrogen-bond acceptors (Lipinski definition) is 2. The average molecular weight is 197 g/mol. The quantitative estimate of drug-likeness (QED) is 0.671. The lowest BCUT2D eigenvalue weighted by molar-refractivity contribution is -0.128. The van der Waals surface area contributed by atoms with Gasteiger partial charge in [-0.25, -0.2) is 0 Å². The first kappa shape index (κ1) is 11.2. The Bertz CT molecular complexity index is 219. The van der Waals surface area contributed by atoms with Crippen molar-refractivity contribution in [2.45, 2.75) is 51.2 Å². The van der Waals surface area contributed by atoms with Gasteiger partial charge in [0.05, 0.1) is 0 Å². The number of aliphatic hydroxyl groups excluding tert-OH is 1. The van der Waals surface area contributed by atoms with Crippen molar-refractivity contribution in [2.75, 3.05) is 0 Å². The Morgan fingerprint density at radius 3 is 2.50 bits per heavy atom. The van der Waals surface area contributed by atoms with Crippen LogP contribution in [0.4, 0.5) is 0 Å². The predicted octanol–water partition coefficient (Wildman–Crippen LogP) is 1.37. The molecule has 1 saturated carbocycles. The molecule has 0 aromatic rings. The van der Waals surface area contributed by atoms with Crippen molar-refractivity contribution in [2.24, 2.45) is 0 Å². The highest BCUT2D eigenvalue weighted by atomic mass is 16.3. The van der Waals surface area contributed by atoms with Gasteiger partial charge in [-0.1, -0.05) is 25.8 Å². The zero-order chi connectivity index (χ0) is 10.6. The van der Waals surface area contributed by atoms with Crippen LogP contribution in [0.15, 0.2) is 12.2 Å². The van der Waals surface area contributed by atoms with Gasteiger partial charge in [-0.05, 0) is 25.3 Å².